The highest BCUT2D eigenvalue weighted by Crippen LogP contribution is 2.24. The molecule has 4 heterocycles. The highest BCUT2D eigenvalue weighted by Gasteiger charge is 2.31. The van der Waals surface area contributed by atoms with Gasteiger partial charge in [-0.25, -0.2) is 19.7 Å². The standard InChI is InChI=1S/C25H38N8O3/c1-17(2)33-16-26-22-23(27-18(3)28-24(22)33)29-19-8-12-31(13-9-19)25(35)36-20-10-14-32(15-20)21(34)7-6-11-30(4)5/h6-7,16-17,19-20H,8-15H2,1-5H3,(H,27,28,29)/b7-6+. The Bertz CT molecular complexity index is 1100. The summed E-state index contributed by atoms with van der Waals surface area (Å²) in [4.78, 5) is 44.3. The van der Waals surface area contributed by atoms with Gasteiger partial charge in [-0.05, 0) is 47.7 Å². The summed E-state index contributed by atoms with van der Waals surface area (Å²) in [6.07, 6.45) is 6.95. The van der Waals surface area contributed by atoms with Crippen molar-refractivity contribution in [2.45, 2.75) is 58.2 Å². The summed E-state index contributed by atoms with van der Waals surface area (Å²) < 4.78 is 7.78. The van der Waals surface area contributed by atoms with Gasteiger partial charge in [-0.15, -0.1) is 0 Å². The van der Waals surface area contributed by atoms with Crippen molar-refractivity contribution < 1.29 is 14.3 Å². The van der Waals surface area contributed by atoms with Gasteiger partial charge in [0.05, 0.1) is 12.9 Å². The van der Waals surface area contributed by atoms with Crippen LogP contribution >= 0.6 is 0 Å². The summed E-state index contributed by atoms with van der Waals surface area (Å²) in [7, 11) is 3.91. The van der Waals surface area contributed by atoms with E-state index < -0.39 is 0 Å². The number of aryl methyl sites for hydroxylation is 1. The van der Waals surface area contributed by atoms with Crippen LogP contribution in [-0.4, -0.2) is 105 Å². The van der Waals surface area contributed by atoms with Gasteiger partial charge in [0.25, 0.3) is 0 Å². The SMILES string of the molecule is Cc1nc(NC2CCN(C(=O)OC3CCN(C(=O)/C=C/CN(C)C)C3)CC2)c2ncn(C(C)C)c2n1. The number of rotatable bonds is 7. The maximum Gasteiger partial charge on any atom is 0.410 e. The van der Waals surface area contributed by atoms with E-state index in [2.05, 4.69) is 34.1 Å². The predicted octanol–water partition coefficient (Wildman–Crippen LogP) is 2.45. The molecule has 2 saturated heterocycles. The van der Waals surface area contributed by atoms with Gasteiger partial charge in [0.1, 0.15) is 17.4 Å². The first-order valence-electron chi connectivity index (χ1n) is 12.7. The molecular formula is C25H38N8O3. The first-order valence-corrected chi connectivity index (χ1v) is 12.7. The van der Waals surface area contributed by atoms with Gasteiger partial charge in [0, 0.05) is 50.8 Å². The van der Waals surface area contributed by atoms with Gasteiger partial charge in [-0.3, -0.25) is 4.79 Å². The molecule has 0 radical (unpaired) electrons. The smallest absolute Gasteiger partial charge is 0.410 e. The van der Waals surface area contributed by atoms with Crippen molar-refractivity contribution in [2.24, 2.45) is 0 Å². The number of piperidine rings is 1. The lowest BCUT2D eigenvalue weighted by molar-refractivity contribution is -0.125. The number of imidazole rings is 1. The van der Waals surface area contributed by atoms with E-state index in [9.17, 15) is 9.59 Å². The summed E-state index contributed by atoms with van der Waals surface area (Å²) in [6.45, 7) is 9.06. The minimum absolute atomic E-state index is 0.0328. The molecule has 0 aliphatic carbocycles. The quantitative estimate of drug-likeness (QED) is 0.580. The second-order valence-corrected chi connectivity index (χ2v) is 10.2. The Morgan fingerprint density at radius 1 is 1.17 bits per heavy atom. The molecule has 2 aromatic heterocycles. The predicted molar refractivity (Wildman–Crippen MR) is 138 cm³/mol. The van der Waals surface area contributed by atoms with Crippen molar-refractivity contribution in [3.05, 3.63) is 24.3 Å². The number of fused-ring (bicyclic) bond motifs is 1. The van der Waals surface area contributed by atoms with E-state index in [1.54, 1.807) is 15.9 Å². The molecule has 1 atom stereocenters. The topological polar surface area (TPSA) is 109 Å². The van der Waals surface area contributed by atoms with Crippen molar-refractivity contribution in [1.82, 2.24) is 34.2 Å². The number of hydrogen-bond donors (Lipinski definition) is 1. The number of hydrogen-bond acceptors (Lipinski definition) is 8. The minimum Gasteiger partial charge on any atom is -0.444 e. The van der Waals surface area contributed by atoms with Crippen LogP contribution in [0.15, 0.2) is 18.5 Å². The number of likely N-dealkylation sites (tertiary alicyclic amines) is 2. The normalized spacial score (nSPS) is 19.2. The molecule has 0 spiro atoms. The molecule has 0 aromatic carbocycles. The molecule has 2 aromatic rings. The van der Waals surface area contributed by atoms with Crippen LogP contribution in [0.4, 0.5) is 10.6 Å². The van der Waals surface area contributed by atoms with Crippen LogP contribution in [-0.2, 0) is 9.53 Å². The molecular weight excluding hydrogens is 460 g/mol. The number of nitrogens with one attached hydrogen (secondary N) is 1. The van der Waals surface area contributed by atoms with E-state index >= 15 is 0 Å². The van der Waals surface area contributed by atoms with E-state index in [1.807, 2.05) is 42.9 Å². The Balaban J connectivity index is 1.26. The van der Waals surface area contributed by atoms with Crippen molar-refractivity contribution in [3.63, 3.8) is 0 Å². The highest BCUT2D eigenvalue weighted by molar-refractivity contribution is 5.88. The summed E-state index contributed by atoms with van der Waals surface area (Å²) in [6, 6.07) is 0.445. The van der Waals surface area contributed by atoms with Crippen LogP contribution in [0.2, 0.25) is 0 Å². The third-order valence-corrected chi connectivity index (χ3v) is 6.64. The fraction of sp³-hybridized carbons (Fsp3) is 0.640. The number of carbonyl (C=O) groups is 2. The number of nitrogens with zero attached hydrogens (tertiary/aromatic N) is 7. The molecule has 1 N–H and O–H groups in total. The number of anilines is 1. The third kappa shape index (κ3) is 6.13. The van der Waals surface area contributed by atoms with Gasteiger partial charge < -0.3 is 29.3 Å². The Labute approximate surface area is 212 Å². The monoisotopic (exact) mass is 498 g/mol. The summed E-state index contributed by atoms with van der Waals surface area (Å²) >= 11 is 0. The van der Waals surface area contributed by atoms with Crippen LogP contribution in [0.3, 0.4) is 0 Å². The molecule has 2 aliphatic rings. The van der Waals surface area contributed by atoms with Gasteiger partial charge >= 0.3 is 6.09 Å². The number of carbonyl (C=O) groups excluding carboxylic acids is 2. The first kappa shape index (κ1) is 25.9. The number of likely N-dealkylation sites (N-methyl/N-ethyl adjacent to an activating group) is 1. The highest BCUT2D eigenvalue weighted by atomic mass is 16.6. The number of ether oxygens (including phenoxy) is 1. The maximum atomic E-state index is 12.8. The Morgan fingerprint density at radius 3 is 2.58 bits per heavy atom. The van der Waals surface area contributed by atoms with Gasteiger partial charge in [0.2, 0.25) is 5.91 Å². The molecule has 2 amide bonds. The van der Waals surface area contributed by atoms with E-state index in [1.165, 1.54) is 0 Å². The third-order valence-electron chi connectivity index (χ3n) is 6.64. The molecule has 2 aliphatic heterocycles. The summed E-state index contributed by atoms with van der Waals surface area (Å²) in [5.41, 5.74) is 1.60. The maximum absolute atomic E-state index is 12.8. The molecule has 196 valence electrons. The average Bonchev–Trinajstić information content (AvgIpc) is 3.46. The number of aromatic nitrogens is 4. The zero-order valence-corrected chi connectivity index (χ0v) is 22.0. The van der Waals surface area contributed by atoms with Crippen LogP contribution < -0.4 is 5.32 Å². The fourth-order valence-corrected chi connectivity index (χ4v) is 4.62. The summed E-state index contributed by atoms with van der Waals surface area (Å²) in [5, 5.41) is 3.53. The number of amides is 2. The molecule has 2 fully saturated rings. The van der Waals surface area contributed by atoms with E-state index in [4.69, 9.17) is 4.74 Å². The average molecular weight is 499 g/mol. The molecule has 11 nitrogen and oxygen atoms in total. The van der Waals surface area contributed by atoms with Crippen LogP contribution in [0.1, 0.15) is 45.0 Å². The lowest BCUT2D eigenvalue weighted by Crippen LogP contribution is -2.44. The molecule has 0 saturated carbocycles. The van der Waals surface area contributed by atoms with Gasteiger partial charge in [-0.1, -0.05) is 6.08 Å². The van der Waals surface area contributed by atoms with E-state index in [0.717, 1.165) is 29.8 Å². The van der Waals surface area contributed by atoms with Crippen molar-refractivity contribution in [2.75, 3.05) is 52.1 Å². The van der Waals surface area contributed by atoms with Gasteiger partial charge in [-0.2, -0.15) is 0 Å². The first-order chi connectivity index (χ1) is 17.2. The zero-order valence-electron chi connectivity index (χ0n) is 22.0. The molecule has 11 heteroatoms. The van der Waals surface area contributed by atoms with Crippen molar-refractivity contribution in [3.8, 4) is 0 Å². The largest absolute Gasteiger partial charge is 0.444 e. The molecule has 0 bridgehead atoms. The lowest BCUT2D eigenvalue weighted by atomic mass is 10.1. The lowest BCUT2D eigenvalue weighted by Gasteiger charge is -2.32. The van der Waals surface area contributed by atoms with E-state index in [-0.39, 0.29) is 30.2 Å². The Morgan fingerprint density at radius 2 is 1.89 bits per heavy atom. The molecule has 36 heavy (non-hydrogen) atoms. The second-order valence-electron chi connectivity index (χ2n) is 10.2. The van der Waals surface area contributed by atoms with Crippen LogP contribution in [0.25, 0.3) is 11.2 Å². The second kappa shape index (κ2) is 11.2. The van der Waals surface area contributed by atoms with E-state index in [0.29, 0.717) is 45.0 Å². The Kier molecular flexibility index (Phi) is 8.07. The van der Waals surface area contributed by atoms with Crippen LogP contribution in [0, 0.1) is 6.92 Å². The molecule has 1 unspecified atom stereocenters. The summed E-state index contributed by atoms with van der Waals surface area (Å²) in [5.74, 6) is 1.41. The minimum atomic E-state index is -0.299. The fourth-order valence-electron chi connectivity index (χ4n) is 4.62. The van der Waals surface area contributed by atoms with Crippen LogP contribution in [0.5, 0.6) is 0 Å². The van der Waals surface area contributed by atoms with Crippen molar-refractivity contribution >= 4 is 29.0 Å². The molecule has 4 rings (SSSR count). The van der Waals surface area contributed by atoms with Crippen molar-refractivity contribution in [1.29, 1.82) is 0 Å². The Hall–Kier alpha value is -3.21. The zero-order chi connectivity index (χ0) is 25.8. The van der Waals surface area contributed by atoms with Gasteiger partial charge in [0.15, 0.2) is 11.5 Å².